The predicted octanol–water partition coefficient (Wildman–Crippen LogP) is 4.79. The Morgan fingerprint density at radius 2 is 1.59 bits per heavy atom. The van der Waals surface area contributed by atoms with Crippen molar-refractivity contribution in [3.8, 4) is 17.2 Å². The molecule has 32 heavy (non-hydrogen) atoms. The lowest BCUT2D eigenvalue weighted by Crippen LogP contribution is -2.13. The van der Waals surface area contributed by atoms with E-state index in [4.69, 9.17) is 9.47 Å². The van der Waals surface area contributed by atoms with Gasteiger partial charge in [0.1, 0.15) is 36.0 Å². The van der Waals surface area contributed by atoms with Crippen LogP contribution in [-0.2, 0) is 18.4 Å². The molecule has 7 nitrogen and oxygen atoms in total. The third-order valence-corrected chi connectivity index (χ3v) is 5.03. The van der Waals surface area contributed by atoms with Crippen LogP contribution >= 0.6 is 0 Å². The van der Waals surface area contributed by atoms with Crippen molar-refractivity contribution >= 4 is 5.97 Å². The van der Waals surface area contributed by atoms with Crippen molar-refractivity contribution in [1.29, 1.82) is 0 Å². The third kappa shape index (κ3) is 5.31. The summed E-state index contributed by atoms with van der Waals surface area (Å²) in [6, 6.07) is 24.8. The standard InChI is InChI=1S/C25H23N3O4/c1-28-25(26-17-27-28)23(15-24(29)30)19-9-13-20(14-10-19)31-16-18-7-11-22(12-8-18)32-21-5-3-2-4-6-21/h2-14,17,23H,15-16H2,1H3,(H,29,30). The van der Waals surface area contributed by atoms with E-state index in [-0.39, 0.29) is 12.3 Å². The monoisotopic (exact) mass is 429 g/mol. The number of aromatic nitrogens is 3. The molecule has 0 spiro atoms. The third-order valence-electron chi connectivity index (χ3n) is 5.03. The molecule has 0 radical (unpaired) electrons. The van der Waals surface area contributed by atoms with Crippen molar-refractivity contribution in [3.63, 3.8) is 0 Å². The fourth-order valence-electron chi connectivity index (χ4n) is 3.39. The minimum atomic E-state index is -0.891. The number of hydrogen-bond acceptors (Lipinski definition) is 5. The van der Waals surface area contributed by atoms with Gasteiger partial charge in [-0.1, -0.05) is 42.5 Å². The number of aryl methyl sites for hydroxylation is 1. The number of rotatable bonds is 9. The topological polar surface area (TPSA) is 86.5 Å². The molecule has 0 aliphatic rings. The van der Waals surface area contributed by atoms with Gasteiger partial charge in [0.25, 0.3) is 0 Å². The summed E-state index contributed by atoms with van der Waals surface area (Å²) >= 11 is 0. The highest BCUT2D eigenvalue weighted by molar-refractivity contribution is 5.68. The summed E-state index contributed by atoms with van der Waals surface area (Å²) in [6.07, 6.45) is 1.36. The van der Waals surface area contributed by atoms with Crippen LogP contribution in [-0.4, -0.2) is 25.8 Å². The summed E-state index contributed by atoms with van der Waals surface area (Å²) < 4.78 is 13.3. The second kappa shape index (κ2) is 9.78. The Labute approximate surface area is 185 Å². The number of benzene rings is 3. The predicted molar refractivity (Wildman–Crippen MR) is 119 cm³/mol. The fraction of sp³-hybridized carbons (Fsp3) is 0.160. The van der Waals surface area contributed by atoms with E-state index in [1.165, 1.54) is 6.33 Å². The highest BCUT2D eigenvalue weighted by Crippen LogP contribution is 2.28. The molecule has 4 aromatic rings. The van der Waals surface area contributed by atoms with E-state index in [1.54, 1.807) is 11.7 Å². The molecule has 0 aliphatic heterocycles. The molecule has 0 aliphatic carbocycles. The van der Waals surface area contributed by atoms with E-state index in [9.17, 15) is 9.90 Å². The van der Waals surface area contributed by atoms with Crippen LogP contribution < -0.4 is 9.47 Å². The Bertz CT molecular complexity index is 1160. The molecule has 0 amide bonds. The average Bonchev–Trinajstić information content (AvgIpc) is 3.23. The smallest absolute Gasteiger partial charge is 0.304 e. The molecule has 1 N–H and O–H groups in total. The maximum Gasteiger partial charge on any atom is 0.304 e. The Balaban J connectivity index is 1.38. The van der Waals surface area contributed by atoms with Gasteiger partial charge in [-0.25, -0.2) is 4.98 Å². The van der Waals surface area contributed by atoms with Crippen LogP contribution in [0.15, 0.2) is 85.2 Å². The average molecular weight is 429 g/mol. The van der Waals surface area contributed by atoms with E-state index >= 15 is 0 Å². The SMILES string of the molecule is Cn1ncnc1C(CC(=O)O)c1ccc(OCc2ccc(Oc3ccccc3)cc2)cc1. The van der Waals surface area contributed by atoms with Crippen LogP contribution in [0.4, 0.5) is 0 Å². The number of carboxylic acids is 1. The van der Waals surface area contributed by atoms with Crippen molar-refractivity contribution in [2.24, 2.45) is 7.05 Å². The van der Waals surface area contributed by atoms with Crippen molar-refractivity contribution in [2.45, 2.75) is 18.9 Å². The van der Waals surface area contributed by atoms with Gasteiger partial charge in [-0.05, 0) is 47.5 Å². The molecular formula is C25H23N3O4. The summed E-state index contributed by atoms with van der Waals surface area (Å²) in [4.78, 5) is 15.6. The van der Waals surface area contributed by atoms with Gasteiger partial charge in [0.2, 0.25) is 0 Å². The number of carbonyl (C=O) groups is 1. The lowest BCUT2D eigenvalue weighted by atomic mass is 9.95. The molecule has 0 saturated heterocycles. The van der Waals surface area contributed by atoms with Crippen LogP contribution in [0.5, 0.6) is 17.2 Å². The van der Waals surface area contributed by atoms with Gasteiger partial charge in [0.15, 0.2) is 0 Å². The normalized spacial score (nSPS) is 11.7. The van der Waals surface area contributed by atoms with Crippen molar-refractivity contribution in [3.05, 3.63) is 102 Å². The first-order chi connectivity index (χ1) is 15.6. The van der Waals surface area contributed by atoms with Crippen molar-refractivity contribution in [2.75, 3.05) is 0 Å². The minimum absolute atomic E-state index is 0.0653. The van der Waals surface area contributed by atoms with Crippen molar-refractivity contribution < 1.29 is 19.4 Å². The Morgan fingerprint density at radius 3 is 2.22 bits per heavy atom. The van der Waals surface area contributed by atoms with Crippen LogP contribution in [0.2, 0.25) is 0 Å². The number of carboxylic acid groups (broad SMARTS) is 1. The first-order valence-corrected chi connectivity index (χ1v) is 10.2. The first kappa shape index (κ1) is 21.1. The van der Waals surface area contributed by atoms with Crippen LogP contribution in [0, 0.1) is 0 Å². The van der Waals surface area contributed by atoms with Gasteiger partial charge < -0.3 is 14.6 Å². The number of hydrogen-bond donors (Lipinski definition) is 1. The van der Waals surface area contributed by atoms with E-state index in [0.29, 0.717) is 18.2 Å². The van der Waals surface area contributed by atoms with E-state index in [0.717, 1.165) is 22.6 Å². The van der Waals surface area contributed by atoms with Gasteiger partial charge in [-0.2, -0.15) is 5.10 Å². The number of aliphatic carboxylic acids is 1. The molecule has 0 fully saturated rings. The summed E-state index contributed by atoms with van der Waals surface area (Å²) in [5.74, 6) is 1.59. The zero-order chi connectivity index (χ0) is 22.3. The zero-order valence-electron chi connectivity index (χ0n) is 17.6. The van der Waals surface area contributed by atoms with Crippen LogP contribution in [0.3, 0.4) is 0 Å². The zero-order valence-corrected chi connectivity index (χ0v) is 17.6. The number of para-hydroxylation sites is 1. The van der Waals surface area contributed by atoms with Crippen molar-refractivity contribution in [1.82, 2.24) is 14.8 Å². The van der Waals surface area contributed by atoms with E-state index in [2.05, 4.69) is 10.1 Å². The quantitative estimate of drug-likeness (QED) is 0.412. The fourth-order valence-corrected chi connectivity index (χ4v) is 3.39. The second-order valence-corrected chi connectivity index (χ2v) is 7.31. The maximum atomic E-state index is 11.4. The summed E-state index contributed by atoms with van der Waals surface area (Å²) in [5, 5.41) is 13.4. The molecule has 4 rings (SSSR count). The van der Waals surface area contributed by atoms with Gasteiger partial charge in [0, 0.05) is 7.05 Å². The Kier molecular flexibility index (Phi) is 6.46. The molecule has 7 heteroatoms. The second-order valence-electron chi connectivity index (χ2n) is 7.31. The molecule has 3 aromatic carbocycles. The molecule has 1 aromatic heterocycles. The Morgan fingerprint density at radius 1 is 0.938 bits per heavy atom. The number of ether oxygens (including phenoxy) is 2. The Hall–Kier alpha value is -4.13. The molecule has 0 saturated carbocycles. The summed E-state index contributed by atoms with van der Waals surface area (Å²) in [6.45, 7) is 0.410. The highest BCUT2D eigenvalue weighted by atomic mass is 16.5. The highest BCUT2D eigenvalue weighted by Gasteiger charge is 2.22. The summed E-state index contributed by atoms with van der Waals surface area (Å²) in [7, 11) is 1.75. The molecule has 1 heterocycles. The molecule has 1 unspecified atom stereocenters. The van der Waals surface area contributed by atoms with Gasteiger partial charge in [-0.3, -0.25) is 9.48 Å². The van der Waals surface area contributed by atoms with Gasteiger partial charge in [0.05, 0.1) is 12.3 Å². The number of nitrogens with zero attached hydrogens (tertiary/aromatic N) is 3. The molecule has 0 bridgehead atoms. The van der Waals surface area contributed by atoms with E-state index in [1.807, 2.05) is 78.9 Å². The maximum absolute atomic E-state index is 11.4. The molecule has 162 valence electrons. The minimum Gasteiger partial charge on any atom is -0.489 e. The lowest BCUT2D eigenvalue weighted by Gasteiger charge is -2.15. The molecule has 1 atom stereocenters. The van der Waals surface area contributed by atoms with Gasteiger partial charge in [-0.15, -0.1) is 0 Å². The summed E-state index contributed by atoms with van der Waals surface area (Å²) in [5.41, 5.74) is 1.86. The first-order valence-electron chi connectivity index (χ1n) is 10.2. The van der Waals surface area contributed by atoms with Crippen LogP contribution in [0.1, 0.15) is 29.3 Å². The lowest BCUT2D eigenvalue weighted by molar-refractivity contribution is -0.137. The largest absolute Gasteiger partial charge is 0.489 e. The van der Waals surface area contributed by atoms with Gasteiger partial charge >= 0.3 is 5.97 Å². The van der Waals surface area contributed by atoms with Crippen LogP contribution in [0.25, 0.3) is 0 Å². The molecular weight excluding hydrogens is 406 g/mol. The van der Waals surface area contributed by atoms with E-state index < -0.39 is 5.97 Å².